The molecule has 3 heterocycles. The molecule has 3 aromatic rings. The van der Waals surface area contributed by atoms with Gasteiger partial charge < -0.3 is 10.2 Å². The van der Waals surface area contributed by atoms with E-state index in [9.17, 15) is 23.2 Å². The van der Waals surface area contributed by atoms with Crippen LogP contribution in [0.5, 0.6) is 0 Å². The Bertz CT molecular complexity index is 1320. The van der Waals surface area contributed by atoms with Gasteiger partial charge in [-0.1, -0.05) is 30.3 Å². The molecule has 0 saturated carbocycles. The normalized spacial score (nSPS) is 15.8. The predicted octanol–water partition coefficient (Wildman–Crippen LogP) is 5.16. The molecule has 0 radical (unpaired) electrons. The molecule has 0 aliphatic carbocycles. The lowest BCUT2D eigenvalue weighted by molar-refractivity contribution is -0.141. The van der Waals surface area contributed by atoms with E-state index in [0.717, 1.165) is 17.0 Å². The highest BCUT2D eigenvalue weighted by molar-refractivity contribution is 7.12. The van der Waals surface area contributed by atoms with Gasteiger partial charge in [0.25, 0.3) is 0 Å². The van der Waals surface area contributed by atoms with Crippen LogP contribution in [0.25, 0.3) is 11.1 Å². The maximum atomic E-state index is 13.9. The summed E-state index contributed by atoms with van der Waals surface area (Å²) >= 11 is 1.32. The third-order valence-electron chi connectivity index (χ3n) is 6.18. The number of nitrogens with one attached hydrogen (secondary N) is 1. The number of rotatable bonds is 7. The van der Waals surface area contributed by atoms with E-state index in [2.05, 4.69) is 16.5 Å². The van der Waals surface area contributed by atoms with Gasteiger partial charge in [-0.25, -0.2) is 0 Å². The minimum Gasteiger partial charge on any atom is -0.333 e. The van der Waals surface area contributed by atoms with Crippen molar-refractivity contribution in [3.63, 3.8) is 0 Å². The van der Waals surface area contributed by atoms with Crippen molar-refractivity contribution in [1.82, 2.24) is 20.0 Å². The quantitative estimate of drug-likeness (QED) is 0.350. The molecule has 1 atom stereocenters. The Morgan fingerprint density at radius 2 is 2.08 bits per heavy atom. The number of aryl methyl sites for hydroxylation is 1. The highest BCUT2D eigenvalue weighted by atomic mass is 32.1. The van der Waals surface area contributed by atoms with Gasteiger partial charge in [-0.15, -0.1) is 11.3 Å². The molecule has 1 aliphatic heterocycles. The number of nitrogens with zero attached hydrogens (tertiary/aromatic N) is 4. The van der Waals surface area contributed by atoms with Crippen molar-refractivity contribution < 1.29 is 18.0 Å². The Balaban J connectivity index is 1.80. The number of amides is 1. The molecule has 4 rings (SSSR count). The van der Waals surface area contributed by atoms with Gasteiger partial charge in [0, 0.05) is 35.6 Å². The second kappa shape index (κ2) is 10.7. The Labute approximate surface area is 211 Å². The van der Waals surface area contributed by atoms with Gasteiger partial charge in [0.15, 0.2) is 5.69 Å². The molecule has 1 aliphatic rings. The van der Waals surface area contributed by atoms with Crippen molar-refractivity contribution in [3.8, 4) is 17.2 Å². The molecule has 0 unspecified atom stereocenters. The summed E-state index contributed by atoms with van der Waals surface area (Å²) in [7, 11) is 1.84. The van der Waals surface area contributed by atoms with E-state index in [4.69, 9.17) is 0 Å². The van der Waals surface area contributed by atoms with Crippen LogP contribution in [0.3, 0.4) is 0 Å². The first-order chi connectivity index (χ1) is 17.3. The number of nitriles is 1. The van der Waals surface area contributed by atoms with Crippen LogP contribution in [0.1, 0.15) is 45.8 Å². The van der Waals surface area contributed by atoms with Crippen LogP contribution in [0.4, 0.5) is 13.2 Å². The number of thiophene rings is 1. The Morgan fingerprint density at radius 3 is 2.78 bits per heavy atom. The topological polar surface area (TPSA) is 74.0 Å². The van der Waals surface area contributed by atoms with E-state index in [-0.39, 0.29) is 17.4 Å². The Kier molecular flexibility index (Phi) is 7.62. The standard InChI is InChI=1S/C26H26F3N5OS/c1-3-34-15-22(25(32-34)26(27,28)29)19-9-5-4-8-18(19)21-14-33(24(35)10-6-7-11-31-2)16-23-20(21)12-17(13-30)36-23/h4-6,8-10,12,15,21,31H,3,7,11,14,16H2,1-2H3/b10-6+/t21-/m0/s1. The molecule has 6 nitrogen and oxygen atoms in total. The number of hydrogen-bond acceptors (Lipinski definition) is 5. The smallest absolute Gasteiger partial charge is 0.333 e. The van der Waals surface area contributed by atoms with Crippen molar-refractivity contribution in [2.75, 3.05) is 20.1 Å². The second-order valence-corrected chi connectivity index (χ2v) is 9.64. The summed E-state index contributed by atoms with van der Waals surface area (Å²) in [5.74, 6) is -0.551. The highest BCUT2D eigenvalue weighted by Gasteiger charge is 2.39. The van der Waals surface area contributed by atoms with Gasteiger partial charge in [-0.05, 0) is 55.8 Å². The molecule has 0 saturated heterocycles. The number of alkyl halides is 3. The molecule has 2 aromatic heterocycles. The van der Waals surface area contributed by atoms with Crippen LogP contribution in [0.15, 0.2) is 48.7 Å². The fraction of sp³-hybridized carbons (Fsp3) is 0.346. The summed E-state index contributed by atoms with van der Waals surface area (Å²) in [5, 5.41) is 16.3. The van der Waals surface area contributed by atoms with Crippen molar-refractivity contribution in [3.05, 3.63) is 75.3 Å². The third kappa shape index (κ3) is 5.22. The molecular weight excluding hydrogens is 487 g/mol. The SMILES string of the molecule is CCn1cc(-c2ccccc2[C@@H]2CN(C(=O)/C=C/CCNC)Cc3sc(C#N)cc32)c(C(F)(F)F)n1. The predicted molar refractivity (Wildman–Crippen MR) is 132 cm³/mol. The van der Waals surface area contributed by atoms with Gasteiger partial charge in [0.1, 0.15) is 10.9 Å². The number of aromatic nitrogens is 2. The molecule has 0 bridgehead atoms. The van der Waals surface area contributed by atoms with Crippen LogP contribution < -0.4 is 5.32 Å². The fourth-order valence-electron chi connectivity index (χ4n) is 4.46. The molecule has 1 N–H and O–H groups in total. The fourth-order valence-corrected chi connectivity index (χ4v) is 5.50. The zero-order chi connectivity index (χ0) is 25.9. The molecule has 0 fully saturated rings. The zero-order valence-electron chi connectivity index (χ0n) is 20.0. The molecule has 10 heteroatoms. The average Bonchev–Trinajstić information content (AvgIpc) is 3.50. The van der Waals surface area contributed by atoms with Crippen LogP contribution in [0, 0.1) is 11.3 Å². The lowest BCUT2D eigenvalue weighted by Crippen LogP contribution is -2.37. The van der Waals surface area contributed by atoms with Crippen molar-refractivity contribution in [2.45, 2.75) is 38.5 Å². The van der Waals surface area contributed by atoms with Crippen molar-refractivity contribution in [2.24, 2.45) is 0 Å². The summed E-state index contributed by atoms with van der Waals surface area (Å²) in [5.41, 5.74) is 1.04. The molecular formula is C26H26F3N5OS. The van der Waals surface area contributed by atoms with Crippen LogP contribution >= 0.6 is 11.3 Å². The lowest BCUT2D eigenvalue weighted by atomic mass is 9.83. The van der Waals surface area contributed by atoms with E-state index in [1.165, 1.54) is 28.3 Å². The molecule has 1 amide bonds. The monoisotopic (exact) mass is 513 g/mol. The summed E-state index contributed by atoms with van der Waals surface area (Å²) < 4.78 is 43.0. The molecule has 188 valence electrons. The number of fused-ring (bicyclic) bond motifs is 1. The van der Waals surface area contributed by atoms with Crippen LogP contribution in [-0.4, -0.2) is 40.7 Å². The van der Waals surface area contributed by atoms with Gasteiger partial charge in [0.05, 0.1) is 6.54 Å². The molecule has 0 spiro atoms. The van der Waals surface area contributed by atoms with E-state index in [1.807, 2.05) is 7.05 Å². The molecule has 36 heavy (non-hydrogen) atoms. The number of carbonyl (C=O) groups excluding carboxylic acids is 1. The number of benzene rings is 1. The van der Waals surface area contributed by atoms with E-state index >= 15 is 0 Å². The minimum atomic E-state index is -4.61. The maximum Gasteiger partial charge on any atom is 0.435 e. The van der Waals surface area contributed by atoms with Crippen LogP contribution in [0.2, 0.25) is 0 Å². The summed E-state index contributed by atoms with van der Waals surface area (Å²) in [6.07, 6.45) is 0.857. The largest absolute Gasteiger partial charge is 0.435 e. The van der Waals surface area contributed by atoms with Crippen molar-refractivity contribution in [1.29, 1.82) is 5.26 Å². The first-order valence-corrected chi connectivity index (χ1v) is 12.4. The first-order valence-electron chi connectivity index (χ1n) is 11.6. The van der Waals surface area contributed by atoms with Gasteiger partial charge in [-0.3, -0.25) is 9.48 Å². The summed E-state index contributed by atoms with van der Waals surface area (Å²) in [6, 6.07) is 10.9. The molecule has 1 aromatic carbocycles. The van der Waals surface area contributed by atoms with Crippen molar-refractivity contribution >= 4 is 17.2 Å². The van der Waals surface area contributed by atoms with E-state index < -0.39 is 11.9 Å². The first kappa shape index (κ1) is 25.7. The van der Waals surface area contributed by atoms with Gasteiger partial charge in [-0.2, -0.15) is 23.5 Å². The Hall–Kier alpha value is -3.42. The average molecular weight is 514 g/mol. The highest BCUT2D eigenvalue weighted by Crippen LogP contribution is 2.44. The summed E-state index contributed by atoms with van der Waals surface area (Å²) in [4.78, 5) is 16.1. The lowest BCUT2D eigenvalue weighted by Gasteiger charge is -2.33. The third-order valence-corrected chi connectivity index (χ3v) is 7.22. The summed E-state index contributed by atoms with van der Waals surface area (Å²) in [6.45, 7) is 3.43. The zero-order valence-corrected chi connectivity index (χ0v) is 20.8. The van der Waals surface area contributed by atoms with Gasteiger partial charge >= 0.3 is 6.18 Å². The minimum absolute atomic E-state index is 0.00708. The number of carbonyl (C=O) groups is 1. The number of hydrogen-bond donors (Lipinski definition) is 1. The van der Waals surface area contributed by atoms with E-state index in [1.54, 1.807) is 48.2 Å². The second-order valence-electron chi connectivity index (χ2n) is 8.50. The maximum absolute atomic E-state index is 13.9. The van der Waals surface area contributed by atoms with Crippen LogP contribution in [-0.2, 0) is 24.1 Å². The van der Waals surface area contributed by atoms with E-state index in [0.29, 0.717) is 42.1 Å². The number of halogens is 3. The van der Waals surface area contributed by atoms with Gasteiger partial charge in [0.2, 0.25) is 5.91 Å². The Morgan fingerprint density at radius 1 is 1.31 bits per heavy atom.